The van der Waals surface area contributed by atoms with Crippen LogP contribution < -0.4 is 14.4 Å². The minimum Gasteiger partial charge on any atom is -0.497 e. The standard InChI is InChI=1S/C14H21NO4/c1-17-12-3-4-13(14(9-12)18-2)15-6-8-19-10-11(15)5-7-16/h3-4,9,11,16H,5-8,10H2,1-2H3. The number of morpholine rings is 1. The number of aliphatic hydroxyl groups is 1. The molecule has 0 aliphatic carbocycles. The molecule has 106 valence electrons. The van der Waals surface area contributed by atoms with Crippen molar-refractivity contribution in [3.05, 3.63) is 18.2 Å². The van der Waals surface area contributed by atoms with Crippen LogP contribution in [-0.2, 0) is 4.74 Å². The SMILES string of the molecule is COc1ccc(N2CCOCC2CCO)c(OC)c1. The summed E-state index contributed by atoms with van der Waals surface area (Å²) in [6.07, 6.45) is 0.690. The molecule has 1 aromatic carbocycles. The number of aliphatic hydroxyl groups excluding tert-OH is 1. The maximum absolute atomic E-state index is 9.16. The molecule has 0 spiro atoms. The van der Waals surface area contributed by atoms with Crippen molar-refractivity contribution in [1.29, 1.82) is 0 Å². The summed E-state index contributed by atoms with van der Waals surface area (Å²) < 4.78 is 16.1. The van der Waals surface area contributed by atoms with Crippen LogP contribution in [0.25, 0.3) is 0 Å². The van der Waals surface area contributed by atoms with E-state index in [4.69, 9.17) is 19.3 Å². The molecular weight excluding hydrogens is 246 g/mol. The molecule has 2 rings (SSSR count). The van der Waals surface area contributed by atoms with Gasteiger partial charge in [0, 0.05) is 19.2 Å². The van der Waals surface area contributed by atoms with E-state index in [1.165, 1.54) is 0 Å². The van der Waals surface area contributed by atoms with E-state index in [0.717, 1.165) is 23.7 Å². The van der Waals surface area contributed by atoms with Gasteiger partial charge >= 0.3 is 0 Å². The summed E-state index contributed by atoms with van der Waals surface area (Å²) in [6, 6.07) is 5.97. The van der Waals surface area contributed by atoms with E-state index in [1.807, 2.05) is 18.2 Å². The van der Waals surface area contributed by atoms with E-state index in [2.05, 4.69) is 4.90 Å². The lowest BCUT2D eigenvalue weighted by Gasteiger charge is -2.37. The van der Waals surface area contributed by atoms with Gasteiger partial charge in [0.25, 0.3) is 0 Å². The predicted octanol–water partition coefficient (Wildman–Crippen LogP) is 1.29. The molecule has 1 N–H and O–H groups in total. The average Bonchev–Trinajstić information content (AvgIpc) is 2.47. The van der Waals surface area contributed by atoms with Crippen molar-refractivity contribution in [3.63, 3.8) is 0 Å². The minimum atomic E-state index is 0.156. The van der Waals surface area contributed by atoms with E-state index >= 15 is 0 Å². The lowest BCUT2D eigenvalue weighted by atomic mass is 10.1. The van der Waals surface area contributed by atoms with E-state index < -0.39 is 0 Å². The van der Waals surface area contributed by atoms with E-state index in [1.54, 1.807) is 14.2 Å². The van der Waals surface area contributed by atoms with E-state index in [-0.39, 0.29) is 12.6 Å². The Bertz CT molecular complexity index is 408. The Hall–Kier alpha value is -1.46. The van der Waals surface area contributed by atoms with Crippen molar-refractivity contribution in [2.24, 2.45) is 0 Å². The lowest BCUT2D eigenvalue weighted by molar-refractivity contribution is 0.0847. The first-order valence-electron chi connectivity index (χ1n) is 6.47. The fourth-order valence-corrected chi connectivity index (χ4v) is 2.38. The van der Waals surface area contributed by atoms with Crippen LogP contribution in [0, 0.1) is 0 Å². The Balaban J connectivity index is 2.27. The molecule has 0 saturated carbocycles. The number of benzene rings is 1. The molecule has 1 unspecified atom stereocenters. The summed E-state index contributed by atoms with van der Waals surface area (Å²) in [4.78, 5) is 2.23. The largest absolute Gasteiger partial charge is 0.497 e. The van der Waals surface area contributed by atoms with Gasteiger partial charge in [-0.3, -0.25) is 0 Å². The molecule has 5 nitrogen and oxygen atoms in total. The zero-order chi connectivity index (χ0) is 13.7. The number of rotatable bonds is 5. The highest BCUT2D eigenvalue weighted by Crippen LogP contribution is 2.34. The molecule has 1 heterocycles. The molecule has 0 radical (unpaired) electrons. The van der Waals surface area contributed by atoms with Gasteiger partial charge in [0.2, 0.25) is 0 Å². The number of methoxy groups -OCH3 is 2. The second-order valence-corrected chi connectivity index (χ2v) is 4.47. The van der Waals surface area contributed by atoms with Crippen molar-refractivity contribution >= 4 is 5.69 Å². The molecule has 0 aromatic heterocycles. The third-order valence-electron chi connectivity index (χ3n) is 3.39. The van der Waals surface area contributed by atoms with Crippen molar-refractivity contribution in [2.45, 2.75) is 12.5 Å². The first-order chi connectivity index (χ1) is 9.30. The number of nitrogens with zero attached hydrogens (tertiary/aromatic N) is 1. The summed E-state index contributed by atoms with van der Waals surface area (Å²) in [6.45, 7) is 2.28. The Kier molecular flexibility index (Phi) is 4.87. The fourth-order valence-electron chi connectivity index (χ4n) is 2.38. The lowest BCUT2D eigenvalue weighted by Crippen LogP contribution is -2.46. The molecule has 19 heavy (non-hydrogen) atoms. The summed E-state index contributed by atoms with van der Waals surface area (Å²) in [7, 11) is 3.29. The van der Waals surface area contributed by atoms with Crippen LogP contribution in [0.4, 0.5) is 5.69 Å². The van der Waals surface area contributed by atoms with Crippen molar-refractivity contribution in [3.8, 4) is 11.5 Å². The average molecular weight is 267 g/mol. The van der Waals surface area contributed by atoms with Gasteiger partial charge in [0.1, 0.15) is 11.5 Å². The van der Waals surface area contributed by atoms with Gasteiger partial charge in [-0.2, -0.15) is 0 Å². The normalized spacial score (nSPS) is 19.3. The van der Waals surface area contributed by atoms with Crippen LogP contribution in [0.15, 0.2) is 18.2 Å². The molecule has 1 atom stereocenters. The highest BCUT2D eigenvalue weighted by atomic mass is 16.5. The summed E-state index contributed by atoms with van der Waals surface area (Å²) >= 11 is 0. The summed E-state index contributed by atoms with van der Waals surface area (Å²) in [5.41, 5.74) is 1.02. The quantitative estimate of drug-likeness (QED) is 0.871. The second-order valence-electron chi connectivity index (χ2n) is 4.47. The Morgan fingerprint density at radius 3 is 2.89 bits per heavy atom. The van der Waals surface area contributed by atoms with Crippen LogP contribution in [-0.4, -0.2) is 51.7 Å². The van der Waals surface area contributed by atoms with Gasteiger partial charge in [0.15, 0.2) is 0 Å². The van der Waals surface area contributed by atoms with E-state index in [9.17, 15) is 0 Å². The second kappa shape index (κ2) is 6.63. The third-order valence-corrected chi connectivity index (χ3v) is 3.39. The molecule has 1 fully saturated rings. The fraction of sp³-hybridized carbons (Fsp3) is 0.571. The molecule has 0 bridgehead atoms. The van der Waals surface area contributed by atoms with Gasteiger partial charge in [-0.25, -0.2) is 0 Å². The van der Waals surface area contributed by atoms with Gasteiger partial charge < -0.3 is 24.2 Å². The molecule has 1 saturated heterocycles. The Labute approximate surface area is 113 Å². The number of hydrogen-bond acceptors (Lipinski definition) is 5. The van der Waals surface area contributed by atoms with Gasteiger partial charge in [-0.1, -0.05) is 0 Å². The first kappa shape index (κ1) is 14.0. The van der Waals surface area contributed by atoms with Gasteiger partial charge in [0.05, 0.1) is 39.2 Å². The topological polar surface area (TPSA) is 51.2 Å². The van der Waals surface area contributed by atoms with Crippen LogP contribution >= 0.6 is 0 Å². The first-order valence-corrected chi connectivity index (χ1v) is 6.47. The minimum absolute atomic E-state index is 0.156. The number of anilines is 1. The van der Waals surface area contributed by atoms with Crippen molar-refractivity contribution in [1.82, 2.24) is 0 Å². The van der Waals surface area contributed by atoms with Crippen LogP contribution in [0.3, 0.4) is 0 Å². The predicted molar refractivity (Wildman–Crippen MR) is 73.2 cm³/mol. The molecule has 1 aliphatic rings. The molecule has 1 aromatic rings. The molecular formula is C14H21NO4. The van der Waals surface area contributed by atoms with Crippen molar-refractivity contribution < 1.29 is 19.3 Å². The molecule has 1 aliphatic heterocycles. The van der Waals surface area contributed by atoms with Crippen molar-refractivity contribution in [2.75, 3.05) is 45.5 Å². The van der Waals surface area contributed by atoms with Gasteiger partial charge in [-0.15, -0.1) is 0 Å². The highest BCUT2D eigenvalue weighted by molar-refractivity contribution is 5.62. The maximum atomic E-state index is 9.16. The van der Waals surface area contributed by atoms with Gasteiger partial charge in [-0.05, 0) is 18.6 Å². The Morgan fingerprint density at radius 2 is 2.21 bits per heavy atom. The zero-order valence-corrected chi connectivity index (χ0v) is 11.5. The summed E-state index contributed by atoms with van der Waals surface area (Å²) in [5, 5.41) is 9.16. The number of ether oxygens (including phenoxy) is 3. The monoisotopic (exact) mass is 267 g/mol. The Morgan fingerprint density at radius 1 is 1.37 bits per heavy atom. The molecule has 5 heteroatoms. The van der Waals surface area contributed by atoms with E-state index in [0.29, 0.717) is 19.6 Å². The van der Waals surface area contributed by atoms with Crippen LogP contribution in [0.1, 0.15) is 6.42 Å². The smallest absolute Gasteiger partial charge is 0.145 e. The van der Waals surface area contributed by atoms with Crippen LogP contribution in [0.5, 0.6) is 11.5 Å². The summed E-state index contributed by atoms with van der Waals surface area (Å²) in [5.74, 6) is 1.55. The zero-order valence-electron chi connectivity index (χ0n) is 11.5. The van der Waals surface area contributed by atoms with Crippen LogP contribution in [0.2, 0.25) is 0 Å². The third kappa shape index (κ3) is 3.11. The number of hydrogen-bond donors (Lipinski definition) is 1. The maximum Gasteiger partial charge on any atom is 0.145 e. The molecule has 0 amide bonds. The highest BCUT2D eigenvalue weighted by Gasteiger charge is 2.25.